The number of rotatable bonds is 7. The van der Waals surface area contributed by atoms with Crippen LogP contribution in [0.3, 0.4) is 0 Å². The summed E-state index contributed by atoms with van der Waals surface area (Å²) in [4.78, 5) is 54.8. The van der Waals surface area contributed by atoms with Gasteiger partial charge in [-0.25, -0.2) is 0 Å². The molecule has 1 aromatic rings. The largest absolute Gasteiger partial charge is 0.481 e. The van der Waals surface area contributed by atoms with Gasteiger partial charge >= 0.3 is 5.97 Å². The van der Waals surface area contributed by atoms with E-state index in [1.807, 2.05) is 39.8 Å². The maximum absolute atomic E-state index is 13.7. The van der Waals surface area contributed by atoms with Crippen LogP contribution in [0, 0.1) is 18.3 Å². The van der Waals surface area contributed by atoms with Crippen LogP contribution in [-0.4, -0.2) is 63.9 Å². The first kappa shape index (κ1) is 26.7. The summed E-state index contributed by atoms with van der Waals surface area (Å²) in [7, 11) is 0. The molecule has 0 bridgehead atoms. The Morgan fingerprint density at radius 2 is 1.60 bits per heavy atom. The van der Waals surface area contributed by atoms with E-state index in [1.165, 1.54) is 9.80 Å². The van der Waals surface area contributed by atoms with Crippen molar-refractivity contribution in [3.63, 3.8) is 0 Å². The molecule has 192 valence electrons. The van der Waals surface area contributed by atoms with Crippen molar-refractivity contribution < 1.29 is 24.3 Å². The summed E-state index contributed by atoms with van der Waals surface area (Å²) in [6.07, 6.45) is 3.82. The van der Waals surface area contributed by atoms with Crippen LogP contribution < -0.4 is 5.32 Å². The van der Waals surface area contributed by atoms with E-state index in [4.69, 9.17) is 0 Å². The van der Waals surface area contributed by atoms with Crippen LogP contribution in [0.1, 0.15) is 81.6 Å². The van der Waals surface area contributed by atoms with Gasteiger partial charge in [-0.05, 0) is 43.2 Å². The van der Waals surface area contributed by atoms with Crippen molar-refractivity contribution in [3.05, 3.63) is 35.4 Å². The summed E-state index contributed by atoms with van der Waals surface area (Å²) < 4.78 is 0. The molecular formula is C27H39N3O5. The van der Waals surface area contributed by atoms with Crippen molar-refractivity contribution in [2.24, 2.45) is 11.3 Å². The fourth-order valence-electron chi connectivity index (χ4n) is 5.12. The zero-order valence-electron chi connectivity index (χ0n) is 21.4. The summed E-state index contributed by atoms with van der Waals surface area (Å²) in [6, 6.07) is 6.60. The monoisotopic (exact) mass is 485 g/mol. The number of aliphatic carboxylic acids is 1. The molecule has 2 atom stereocenters. The maximum atomic E-state index is 13.7. The lowest BCUT2D eigenvalue weighted by molar-refractivity contribution is -0.144. The van der Waals surface area contributed by atoms with Crippen molar-refractivity contribution in [1.82, 2.24) is 15.1 Å². The molecule has 1 saturated heterocycles. The second kappa shape index (κ2) is 11.2. The van der Waals surface area contributed by atoms with Gasteiger partial charge in [-0.1, -0.05) is 57.7 Å². The number of nitrogens with zero attached hydrogens (tertiary/aromatic N) is 2. The smallest absolute Gasteiger partial charge is 0.305 e. The highest BCUT2D eigenvalue weighted by Crippen LogP contribution is 2.29. The highest BCUT2D eigenvalue weighted by Gasteiger charge is 2.44. The molecule has 1 aromatic carbocycles. The topological polar surface area (TPSA) is 107 Å². The molecule has 2 aliphatic rings. The van der Waals surface area contributed by atoms with E-state index in [0.29, 0.717) is 5.56 Å². The molecule has 0 radical (unpaired) electrons. The molecule has 1 aliphatic carbocycles. The minimum absolute atomic E-state index is 0.0742. The third-order valence-electron chi connectivity index (χ3n) is 6.91. The summed E-state index contributed by atoms with van der Waals surface area (Å²) in [5.74, 6) is -1.89. The molecule has 1 heterocycles. The number of carboxylic acid groups (broad SMARTS) is 1. The van der Waals surface area contributed by atoms with Gasteiger partial charge in [0.1, 0.15) is 0 Å². The summed E-state index contributed by atoms with van der Waals surface area (Å²) in [5, 5.41) is 12.4. The molecule has 2 unspecified atom stereocenters. The van der Waals surface area contributed by atoms with E-state index < -0.39 is 24.1 Å². The van der Waals surface area contributed by atoms with Crippen LogP contribution in [0.5, 0.6) is 0 Å². The number of aryl methyl sites for hydroxylation is 1. The number of nitrogens with one attached hydrogen (secondary N) is 1. The number of benzene rings is 1. The molecule has 2 N–H and O–H groups in total. The standard InChI is InChI=1S/C27H39N3O5/c1-18-10-12-20(13-11-18)26(35)30-15-14-29(22(31)17-27(2,3)4)25(30)24(34)28-21(16-23(32)33)19-8-6-5-7-9-19/h10-13,19,21,25H,5-9,14-17H2,1-4H3,(H,28,34)(H,32,33). The Kier molecular flexibility index (Phi) is 8.56. The molecule has 1 saturated carbocycles. The number of carbonyl (C=O) groups is 4. The van der Waals surface area contributed by atoms with Crippen molar-refractivity contribution in [2.45, 2.75) is 84.8 Å². The summed E-state index contributed by atoms with van der Waals surface area (Å²) >= 11 is 0. The number of carboxylic acids is 1. The molecule has 8 nitrogen and oxygen atoms in total. The van der Waals surface area contributed by atoms with Gasteiger partial charge in [-0.15, -0.1) is 0 Å². The summed E-state index contributed by atoms with van der Waals surface area (Å²) in [6.45, 7) is 8.30. The molecule has 1 aliphatic heterocycles. The van der Waals surface area contributed by atoms with Crippen LogP contribution in [0.2, 0.25) is 0 Å². The first-order valence-electron chi connectivity index (χ1n) is 12.7. The SMILES string of the molecule is Cc1ccc(C(=O)N2CCN(C(=O)CC(C)(C)C)C2C(=O)NC(CC(=O)O)C2CCCCC2)cc1. The van der Waals surface area contributed by atoms with Gasteiger partial charge in [0, 0.05) is 31.1 Å². The van der Waals surface area contributed by atoms with Crippen LogP contribution in [-0.2, 0) is 14.4 Å². The fourth-order valence-corrected chi connectivity index (χ4v) is 5.12. The molecule has 3 rings (SSSR count). The van der Waals surface area contributed by atoms with E-state index in [2.05, 4.69) is 5.32 Å². The molecule has 0 spiro atoms. The van der Waals surface area contributed by atoms with Crippen LogP contribution in [0.25, 0.3) is 0 Å². The maximum Gasteiger partial charge on any atom is 0.305 e. The van der Waals surface area contributed by atoms with Crippen molar-refractivity contribution >= 4 is 23.7 Å². The van der Waals surface area contributed by atoms with E-state index in [0.717, 1.165) is 37.7 Å². The number of hydrogen-bond donors (Lipinski definition) is 2. The average molecular weight is 486 g/mol. The summed E-state index contributed by atoms with van der Waals surface area (Å²) in [5.41, 5.74) is 1.19. The van der Waals surface area contributed by atoms with Crippen molar-refractivity contribution in [1.29, 1.82) is 0 Å². The minimum Gasteiger partial charge on any atom is -0.481 e. The number of hydrogen-bond acceptors (Lipinski definition) is 4. The zero-order chi connectivity index (χ0) is 25.8. The van der Waals surface area contributed by atoms with Gasteiger partial charge in [0.25, 0.3) is 11.8 Å². The second-order valence-corrected chi connectivity index (χ2v) is 11.2. The van der Waals surface area contributed by atoms with Gasteiger partial charge in [0.2, 0.25) is 5.91 Å². The van der Waals surface area contributed by atoms with Gasteiger partial charge in [-0.2, -0.15) is 0 Å². The molecule has 35 heavy (non-hydrogen) atoms. The Hall–Kier alpha value is -2.90. The van der Waals surface area contributed by atoms with Gasteiger partial charge in [0.05, 0.1) is 6.42 Å². The minimum atomic E-state index is -1.10. The Labute approximate surface area is 208 Å². The number of amides is 3. The highest BCUT2D eigenvalue weighted by atomic mass is 16.4. The fraction of sp³-hybridized carbons (Fsp3) is 0.630. The molecule has 2 fully saturated rings. The third kappa shape index (κ3) is 7.05. The Balaban J connectivity index is 1.88. The van der Waals surface area contributed by atoms with E-state index in [9.17, 15) is 24.3 Å². The van der Waals surface area contributed by atoms with Gasteiger partial charge < -0.3 is 20.2 Å². The van der Waals surface area contributed by atoms with Gasteiger partial charge in [0.15, 0.2) is 6.17 Å². The normalized spacial score (nSPS) is 19.9. The molecule has 0 aromatic heterocycles. The molecule has 3 amide bonds. The van der Waals surface area contributed by atoms with Crippen LogP contribution in [0.15, 0.2) is 24.3 Å². The van der Waals surface area contributed by atoms with Crippen LogP contribution in [0.4, 0.5) is 0 Å². The average Bonchev–Trinajstić information content (AvgIpc) is 3.23. The zero-order valence-corrected chi connectivity index (χ0v) is 21.4. The third-order valence-corrected chi connectivity index (χ3v) is 6.91. The molecular weight excluding hydrogens is 446 g/mol. The van der Waals surface area contributed by atoms with E-state index in [1.54, 1.807) is 12.1 Å². The lowest BCUT2D eigenvalue weighted by Crippen LogP contribution is -2.57. The lowest BCUT2D eigenvalue weighted by Gasteiger charge is -2.34. The Morgan fingerprint density at radius 3 is 2.17 bits per heavy atom. The van der Waals surface area contributed by atoms with Gasteiger partial charge in [-0.3, -0.25) is 19.2 Å². The van der Waals surface area contributed by atoms with E-state index >= 15 is 0 Å². The lowest BCUT2D eigenvalue weighted by atomic mass is 9.82. The Bertz CT molecular complexity index is 931. The molecule has 8 heteroatoms. The first-order valence-corrected chi connectivity index (χ1v) is 12.7. The quantitative estimate of drug-likeness (QED) is 0.614. The van der Waals surface area contributed by atoms with Crippen LogP contribution >= 0.6 is 0 Å². The van der Waals surface area contributed by atoms with Crippen molar-refractivity contribution in [2.75, 3.05) is 13.1 Å². The highest BCUT2D eigenvalue weighted by molar-refractivity contribution is 5.99. The second-order valence-electron chi connectivity index (χ2n) is 11.2. The van der Waals surface area contributed by atoms with Crippen molar-refractivity contribution in [3.8, 4) is 0 Å². The number of carbonyl (C=O) groups excluding carboxylic acids is 3. The predicted octanol–water partition coefficient (Wildman–Crippen LogP) is 3.58. The first-order chi connectivity index (χ1) is 16.5. The predicted molar refractivity (Wildman–Crippen MR) is 133 cm³/mol. The Morgan fingerprint density at radius 1 is 1.00 bits per heavy atom. The van der Waals surface area contributed by atoms with E-state index in [-0.39, 0.29) is 49.1 Å².